The molecule has 1 aliphatic carbocycles. The molecule has 0 radical (unpaired) electrons. The van der Waals surface area contributed by atoms with Crippen molar-refractivity contribution in [3.05, 3.63) is 127 Å². The summed E-state index contributed by atoms with van der Waals surface area (Å²) < 4.78 is 1.03. The lowest BCUT2D eigenvalue weighted by Gasteiger charge is -2.40. The molecule has 0 bridgehead atoms. The van der Waals surface area contributed by atoms with Crippen LogP contribution in [0.5, 0.6) is 0 Å². The molecule has 1 N–H and O–H groups in total. The summed E-state index contributed by atoms with van der Waals surface area (Å²) in [6.07, 6.45) is 4.89. The lowest BCUT2D eigenvalue weighted by molar-refractivity contribution is -0.113. The van der Waals surface area contributed by atoms with E-state index in [2.05, 4.69) is 53.3 Å². The molecule has 0 saturated heterocycles. The van der Waals surface area contributed by atoms with Crippen molar-refractivity contribution in [2.24, 2.45) is 5.41 Å². The Hall–Kier alpha value is -2.59. The number of hydrogen-bond acceptors (Lipinski definition) is 2. The van der Waals surface area contributed by atoms with Gasteiger partial charge in [0.25, 0.3) is 0 Å². The number of ketones is 1. The summed E-state index contributed by atoms with van der Waals surface area (Å²) in [6, 6.07) is 23.6. The minimum Gasteiger partial charge on any atom is -0.358 e. The van der Waals surface area contributed by atoms with Crippen LogP contribution in [0, 0.1) is 5.41 Å². The average Bonchev–Trinajstić information content (AvgIpc) is 2.83. The number of carbonyl (C=O) groups is 1. The van der Waals surface area contributed by atoms with Gasteiger partial charge in [-0.05, 0) is 77.1 Å². The predicted molar refractivity (Wildman–Crippen MR) is 149 cm³/mol. The summed E-state index contributed by atoms with van der Waals surface area (Å²) >= 11 is 15.8. The Labute approximate surface area is 224 Å². The zero-order valence-corrected chi connectivity index (χ0v) is 22.5. The minimum absolute atomic E-state index is 0.0738. The number of allylic oxidation sites excluding steroid dienone is 4. The van der Waals surface area contributed by atoms with Gasteiger partial charge in [-0.15, -0.1) is 0 Å². The van der Waals surface area contributed by atoms with Crippen LogP contribution in [0.2, 0.25) is 10.0 Å². The Kier molecular flexibility index (Phi) is 6.52. The normalized spacial score (nSPS) is 20.4. The molecule has 1 aliphatic heterocycles. The van der Waals surface area contributed by atoms with E-state index >= 15 is 0 Å². The van der Waals surface area contributed by atoms with Crippen molar-refractivity contribution < 1.29 is 4.79 Å². The predicted octanol–water partition coefficient (Wildman–Crippen LogP) is 8.82. The van der Waals surface area contributed by atoms with Gasteiger partial charge in [0.2, 0.25) is 0 Å². The highest BCUT2D eigenvalue weighted by Gasteiger charge is 2.42. The zero-order valence-electron chi connectivity index (χ0n) is 19.4. The van der Waals surface area contributed by atoms with Crippen molar-refractivity contribution in [2.45, 2.75) is 26.2 Å². The second-order valence-corrected chi connectivity index (χ2v) is 11.4. The molecule has 0 aromatic heterocycles. The maximum Gasteiger partial charge on any atom is 0.188 e. The first-order valence-corrected chi connectivity index (χ1v) is 13.0. The van der Waals surface area contributed by atoms with Gasteiger partial charge in [0.05, 0.1) is 0 Å². The van der Waals surface area contributed by atoms with E-state index in [1.54, 1.807) is 0 Å². The molecular weight excluding hydrogens is 541 g/mol. The van der Waals surface area contributed by atoms with Crippen molar-refractivity contribution in [1.29, 1.82) is 0 Å². The number of benzene rings is 3. The molecule has 5 rings (SSSR count). The van der Waals surface area contributed by atoms with Crippen LogP contribution in [-0.4, -0.2) is 5.78 Å². The smallest absolute Gasteiger partial charge is 0.188 e. The quantitative estimate of drug-likeness (QED) is 0.322. The van der Waals surface area contributed by atoms with Crippen molar-refractivity contribution in [3.63, 3.8) is 0 Å². The van der Waals surface area contributed by atoms with Crippen LogP contribution >= 0.6 is 39.1 Å². The van der Waals surface area contributed by atoms with E-state index in [9.17, 15) is 4.79 Å². The molecule has 35 heavy (non-hydrogen) atoms. The molecule has 0 fully saturated rings. The van der Waals surface area contributed by atoms with Crippen molar-refractivity contribution in [1.82, 2.24) is 5.32 Å². The lowest BCUT2D eigenvalue weighted by Crippen LogP contribution is -2.37. The van der Waals surface area contributed by atoms with Crippen LogP contribution in [0.3, 0.4) is 0 Å². The van der Waals surface area contributed by atoms with Gasteiger partial charge in [0.15, 0.2) is 5.78 Å². The molecule has 5 heteroatoms. The third-order valence-electron chi connectivity index (χ3n) is 6.66. The van der Waals surface area contributed by atoms with Gasteiger partial charge in [0, 0.05) is 43.0 Å². The molecule has 1 heterocycles. The maximum absolute atomic E-state index is 14.1. The molecule has 0 amide bonds. The summed E-state index contributed by atoms with van der Waals surface area (Å²) in [5, 5.41) is 4.97. The zero-order chi connectivity index (χ0) is 24.7. The molecule has 3 aromatic rings. The standard InChI is InChI=1S/C30H24BrCl2NO/c1-30(2)17-27-28(29(35)25(30)15-18-3-11-22(32)12-4-18)24(19-7-13-23(33)14-8-19)16-26(34-27)20-5-9-21(31)10-6-20/h3-16,24,34H,17H2,1-2H3/b25-15+. The third-order valence-corrected chi connectivity index (χ3v) is 7.69. The highest BCUT2D eigenvalue weighted by molar-refractivity contribution is 9.10. The molecule has 176 valence electrons. The highest BCUT2D eigenvalue weighted by atomic mass is 79.9. The minimum atomic E-state index is -0.338. The molecule has 1 atom stereocenters. The fourth-order valence-corrected chi connectivity index (χ4v) is 5.35. The van der Waals surface area contributed by atoms with E-state index in [1.165, 1.54) is 0 Å². The molecule has 0 saturated carbocycles. The Balaban J connectivity index is 1.63. The van der Waals surface area contributed by atoms with E-state index in [0.717, 1.165) is 50.1 Å². The fourth-order valence-electron chi connectivity index (χ4n) is 4.83. The summed E-state index contributed by atoms with van der Waals surface area (Å²) in [4.78, 5) is 14.1. The summed E-state index contributed by atoms with van der Waals surface area (Å²) in [7, 11) is 0. The molecule has 2 aliphatic rings. The monoisotopic (exact) mass is 563 g/mol. The number of dihydropyridines is 1. The number of hydrogen-bond donors (Lipinski definition) is 1. The summed E-state index contributed by atoms with van der Waals surface area (Å²) in [5.74, 6) is -0.107. The second kappa shape index (κ2) is 9.46. The molecular formula is C30H24BrCl2NO. The first-order chi connectivity index (χ1) is 16.7. The Morgan fingerprint density at radius 2 is 1.51 bits per heavy atom. The van der Waals surface area contributed by atoms with Crippen LogP contribution in [0.1, 0.15) is 42.9 Å². The first kappa shape index (κ1) is 24.1. The number of carbonyl (C=O) groups excluding carboxylic acids is 1. The van der Waals surface area contributed by atoms with E-state index < -0.39 is 0 Å². The summed E-state index contributed by atoms with van der Waals surface area (Å²) in [5.41, 5.74) is 6.33. The van der Waals surface area contributed by atoms with Crippen LogP contribution in [0.4, 0.5) is 0 Å². The van der Waals surface area contributed by atoms with Crippen LogP contribution in [0.25, 0.3) is 11.8 Å². The van der Waals surface area contributed by atoms with Gasteiger partial charge in [-0.3, -0.25) is 4.79 Å². The van der Waals surface area contributed by atoms with E-state index in [-0.39, 0.29) is 17.1 Å². The van der Waals surface area contributed by atoms with Crippen molar-refractivity contribution >= 4 is 56.7 Å². The van der Waals surface area contributed by atoms with Gasteiger partial charge < -0.3 is 5.32 Å². The lowest BCUT2D eigenvalue weighted by atomic mass is 9.67. The number of halogens is 3. The molecule has 3 aromatic carbocycles. The average molecular weight is 565 g/mol. The third kappa shape index (κ3) is 4.91. The van der Waals surface area contributed by atoms with Crippen LogP contribution < -0.4 is 5.32 Å². The Morgan fingerprint density at radius 1 is 0.914 bits per heavy atom. The number of Topliss-reactive ketones (excluding diaryl/α,β-unsaturated/α-hetero) is 1. The maximum atomic E-state index is 14.1. The van der Waals surface area contributed by atoms with E-state index in [0.29, 0.717) is 10.0 Å². The molecule has 2 nitrogen and oxygen atoms in total. The number of rotatable bonds is 3. The Morgan fingerprint density at radius 3 is 2.14 bits per heavy atom. The molecule has 1 unspecified atom stereocenters. The van der Waals surface area contributed by atoms with Gasteiger partial charge in [0.1, 0.15) is 0 Å². The Bertz CT molecular complexity index is 1380. The van der Waals surface area contributed by atoms with E-state index in [4.69, 9.17) is 23.2 Å². The van der Waals surface area contributed by atoms with Gasteiger partial charge in [-0.2, -0.15) is 0 Å². The topological polar surface area (TPSA) is 29.1 Å². The van der Waals surface area contributed by atoms with Gasteiger partial charge in [-0.1, -0.05) is 89.4 Å². The van der Waals surface area contributed by atoms with Crippen molar-refractivity contribution in [3.8, 4) is 0 Å². The van der Waals surface area contributed by atoms with Crippen LogP contribution in [0.15, 0.2) is 100 Å². The van der Waals surface area contributed by atoms with Gasteiger partial charge >= 0.3 is 0 Å². The number of nitrogens with one attached hydrogen (secondary N) is 1. The highest BCUT2D eigenvalue weighted by Crippen LogP contribution is 2.48. The fraction of sp³-hybridized carbons (Fsp3) is 0.167. The first-order valence-electron chi connectivity index (χ1n) is 11.5. The van der Waals surface area contributed by atoms with Gasteiger partial charge in [-0.25, -0.2) is 0 Å². The summed E-state index contributed by atoms with van der Waals surface area (Å²) in [6.45, 7) is 4.26. The van der Waals surface area contributed by atoms with E-state index in [1.807, 2.05) is 66.7 Å². The van der Waals surface area contributed by atoms with Crippen LogP contribution in [-0.2, 0) is 4.79 Å². The SMILES string of the molecule is CC1(C)CC2=C(C(=O)/C1=C\c1ccc(Cl)cc1)C(c1ccc(Cl)cc1)C=C(c1ccc(Br)cc1)N2. The van der Waals surface area contributed by atoms with Crippen molar-refractivity contribution in [2.75, 3.05) is 0 Å². The second-order valence-electron chi connectivity index (χ2n) is 9.63. The largest absolute Gasteiger partial charge is 0.358 e. The molecule has 0 spiro atoms.